The van der Waals surface area contributed by atoms with Gasteiger partial charge in [-0.1, -0.05) is 6.58 Å². The van der Waals surface area contributed by atoms with E-state index in [9.17, 15) is 4.79 Å². The number of rotatable bonds is 5. The summed E-state index contributed by atoms with van der Waals surface area (Å²) in [5, 5.41) is 0. The van der Waals surface area contributed by atoms with Crippen LogP contribution in [-0.2, 0) is 9.53 Å². The molecule has 0 saturated heterocycles. The molecule has 0 aliphatic heterocycles. The summed E-state index contributed by atoms with van der Waals surface area (Å²) in [6.07, 6.45) is 0. The number of hydrogen-bond acceptors (Lipinski definition) is 3. The Morgan fingerprint density at radius 3 is 2.45 bits per heavy atom. The lowest BCUT2D eigenvalue weighted by Gasteiger charge is -2.09. The van der Waals surface area contributed by atoms with Crippen molar-refractivity contribution in [3.05, 3.63) is 12.2 Å². The summed E-state index contributed by atoms with van der Waals surface area (Å²) in [7, 11) is 3.76. The summed E-state index contributed by atoms with van der Waals surface area (Å²) in [5.74, 6) is -0.0353. The van der Waals surface area contributed by atoms with Gasteiger partial charge in [0, 0.05) is 0 Å². The van der Waals surface area contributed by atoms with Crippen LogP contribution in [0.3, 0.4) is 0 Å². The molecule has 0 N–H and O–H groups in total. The van der Waals surface area contributed by atoms with Gasteiger partial charge in [-0.3, -0.25) is 9.69 Å². The molecule has 0 unspecified atom stereocenters. The van der Waals surface area contributed by atoms with Gasteiger partial charge in [0.1, 0.15) is 6.61 Å². The van der Waals surface area contributed by atoms with E-state index in [1.807, 2.05) is 19.0 Å². The Morgan fingerprint density at radius 2 is 2.09 bits per heavy atom. The van der Waals surface area contributed by atoms with E-state index in [1.54, 1.807) is 6.92 Å². The van der Waals surface area contributed by atoms with Crippen molar-refractivity contribution in [1.29, 1.82) is 0 Å². The molecule has 0 saturated carbocycles. The molecule has 0 aromatic carbocycles. The first kappa shape index (κ1) is 10.3. The molecule has 0 aromatic rings. The monoisotopic (exact) mass is 157 g/mol. The number of ether oxygens (including phenoxy) is 1. The first-order valence-electron chi connectivity index (χ1n) is 3.45. The second-order valence-corrected chi connectivity index (χ2v) is 2.76. The van der Waals surface area contributed by atoms with Crippen LogP contribution in [0.25, 0.3) is 0 Å². The topological polar surface area (TPSA) is 29.5 Å². The summed E-state index contributed by atoms with van der Waals surface area (Å²) < 4.78 is 5.03. The summed E-state index contributed by atoms with van der Waals surface area (Å²) in [6.45, 7) is 5.80. The van der Waals surface area contributed by atoms with E-state index in [-0.39, 0.29) is 12.4 Å². The molecule has 64 valence electrons. The van der Waals surface area contributed by atoms with Gasteiger partial charge in [0.2, 0.25) is 0 Å². The fourth-order valence-electron chi connectivity index (χ4n) is 0.444. The highest BCUT2D eigenvalue weighted by molar-refractivity contribution is 5.95. The quantitative estimate of drug-likeness (QED) is 0.434. The highest BCUT2D eigenvalue weighted by atomic mass is 16.5. The van der Waals surface area contributed by atoms with Gasteiger partial charge >= 0.3 is 0 Å². The van der Waals surface area contributed by atoms with Crippen LogP contribution < -0.4 is 0 Å². The fourth-order valence-corrected chi connectivity index (χ4v) is 0.444. The Balaban J connectivity index is 3.40. The number of nitrogens with zero attached hydrogens (tertiary/aromatic N) is 1. The van der Waals surface area contributed by atoms with E-state index in [0.29, 0.717) is 12.3 Å². The van der Waals surface area contributed by atoms with Crippen molar-refractivity contribution in [2.45, 2.75) is 6.92 Å². The van der Waals surface area contributed by atoms with E-state index in [2.05, 4.69) is 6.58 Å². The fraction of sp³-hybridized carbons (Fsp3) is 0.625. The lowest BCUT2D eigenvalue weighted by atomic mass is 10.2. The third-order valence-electron chi connectivity index (χ3n) is 1.06. The first-order chi connectivity index (χ1) is 5.04. The molecule has 0 atom stereocenters. The van der Waals surface area contributed by atoms with Crippen molar-refractivity contribution < 1.29 is 9.53 Å². The van der Waals surface area contributed by atoms with Crippen LogP contribution in [0.2, 0.25) is 0 Å². The van der Waals surface area contributed by atoms with Crippen LogP contribution in [0.1, 0.15) is 6.92 Å². The minimum Gasteiger partial charge on any atom is -0.358 e. The Morgan fingerprint density at radius 1 is 1.55 bits per heavy atom. The van der Waals surface area contributed by atoms with E-state index in [4.69, 9.17) is 4.74 Å². The first-order valence-corrected chi connectivity index (χ1v) is 3.45. The second kappa shape index (κ2) is 5.04. The number of ketones is 1. The highest BCUT2D eigenvalue weighted by Crippen LogP contribution is 1.90. The van der Waals surface area contributed by atoms with Gasteiger partial charge in [0.25, 0.3) is 0 Å². The molecular weight excluding hydrogens is 142 g/mol. The number of carbonyl (C=O) groups is 1. The molecule has 0 radical (unpaired) electrons. The van der Waals surface area contributed by atoms with Gasteiger partial charge in [0.05, 0.1) is 6.73 Å². The molecule has 0 aliphatic rings. The molecule has 3 heteroatoms. The summed E-state index contributed by atoms with van der Waals surface area (Å²) in [5.41, 5.74) is 0.545. The van der Waals surface area contributed by atoms with Crippen molar-refractivity contribution in [3.63, 3.8) is 0 Å². The van der Waals surface area contributed by atoms with Crippen LogP contribution in [0.4, 0.5) is 0 Å². The van der Waals surface area contributed by atoms with Gasteiger partial charge < -0.3 is 4.74 Å². The van der Waals surface area contributed by atoms with E-state index in [1.165, 1.54) is 0 Å². The van der Waals surface area contributed by atoms with Gasteiger partial charge in [-0.25, -0.2) is 0 Å². The van der Waals surface area contributed by atoms with Crippen LogP contribution in [-0.4, -0.2) is 38.1 Å². The van der Waals surface area contributed by atoms with Crippen LogP contribution in [0, 0.1) is 0 Å². The SMILES string of the molecule is C=C(C)C(=O)COCN(C)C. The molecule has 0 rings (SSSR count). The molecule has 0 heterocycles. The van der Waals surface area contributed by atoms with Crippen molar-refractivity contribution in [2.75, 3.05) is 27.4 Å². The average Bonchev–Trinajstić information content (AvgIpc) is 1.86. The maximum absolute atomic E-state index is 10.9. The van der Waals surface area contributed by atoms with Gasteiger partial charge in [0.15, 0.2) is 5.78 Å². The summed E-state index contributed by atoms with van der Waals surface area (Å²) in [6, 6.07) is 0. The Hall–Kier alpha value is -0.670. The second-order valence-electron chi connectivity index (χ2n) is 2.76. The molecule has 0 bridgehead atoms. The molecular formula is C8H15NO2. The molecule has 0 aromatic heterocycles. The standard InChI is InChI=1S/C8H15NO2/c1-7(2)8(10)5-11-6-9(3)4/h1,5-6H2,2-4H3. The molecule has 11 heavy (non-hydrogen) atoms. The van der Waals surface area contributed by atoms with Gasteiger partial charge in [-0.05, 0) is 26.6 Å². The van der Waals surface area contributed by atoms with E-state index >= 15 is 0 Å². The van der Waals surface area contributed by atoms with Crippen molar-refractivity contribution in [2.24, 2.45) is 0 Å². The Kier molecular flexibility index (Phi) is 4.74. The molecule has 0 amide bonds. The zero-order valence-corrected chi connectivity index (χ0v) is 7.39. The molecule has 3 nitrogen and oxygen atoms in total. The van der Waals surface area contributed by atoms with Crippen molar-refractivity contribution in [3.8, 4) is 0 Å². The lowest BCUT2D eigenvalue weighted by Crippen LogP contribution is -2.19. The normalized spacial score (nSPS) is 10.2. The van der Waals surface area contributed by atoms with Crippen LogP contribution in [0.15, 0.2) is 12.2 Å². The minimum absolute atomic E-state index is 0.0353. The summed E-state index contributed by atoms with van der Waals surface area (Å²) >= 11 is 0. The smallest absolute Gasteiger partial charge is 0.183 e. The minimum atomic E-state index is -0.0353. The van der Waals surface area contributed by atoms with Gasteiger partial charge in [-0.15, -0.1) is 0 Å². The van der Waals surface area contributed by atoms with Crippen LogP contribution in [0.5, 0.6) is 0 Å². The maximum Gasteiger partial charge on any atom is 0.183 e. The number of hydrogen-bond donors (Lipinski definition) is 0. The maximum atomic E-state index is 10.9. The predicted octanol–water partition coefficient (Wildman–Crippen LogP) is 0.667. The number of Topliss-reactive ketones (excluding diaryl/α,β-unsaturated/α-hetero) is 1. The molecule has 0 spiro atoms. The summed E-state index contributed by atoms with van der Waals surface area (Å²) in [4.78, 5) is 12.7. The zero-order valence-electron chi connectivity index (χ0n) is 7.39. The lowest BCUT2D eigenvalue weighted by molar-refractivity contribution is -0.121. The molecule has 0 aliphatic carbocycles. The Labute approximate surface area is 67.6 Å². The van der Waals surface area contributed by atoms with Crippen LogP contribution >= 0.6 is 0 Å². The zero-order chi connectivity index (χ0) is 8.85. The van der Waals surface area contributed by atoms with E-state index in [0.717, 1.165) is 0 Å². The van der Waals surface area contributed by atoms with Gasteiger partial charge in [-0.2, -0.15) is 0 Å². The Bertz CT molecular complexity index is 152. The number of carbonyl (C=O) groups excluding carboxylic acids is 1. The average molecular weight is 157 g/mol. The van der Waals surface area contributed by atoms with Crippen molar-refractivity contribution >= 4 is 5.78 Å². The predicted molar refractivity (Wildman–Crippen MR) is 44.3 cm³/mol. The third-order valence-corrected chi connectivity index (χ3v) is 1.06. The van der Waals surface area contributed by atoms with Crippen molar-refractivity contribution in [1.82, 2.24) is 4.90 Å². The third kappa shape index (κ3) is 5.76. The highest BCUT2D eigenvalue weighted by Gasteiger charge is 2.01. The van der Waals surface area contributed by atoms with E-state index < -0.39 is 0 Å². The largest absolute Gasteiger partial charge is 0.358 e. The molecule has 0 fully saturated rings.